The van der Waals surface area contributed by atoms with Gasteiger partial charge in [0.25, 0.3) is 5.91 Å². The zero-order chi connectivity index (χ0) is 19.2. The van der Waals surface area contributed by atoms with Crippen molar-refractivity contribution < 1.29 is 14.7 Å². The first kappa shape index (κ1) is 18.9. The summed E-state index contributed by atoms with van der Waals surface area (Å²) >= 11 is 3.33. The summed E-state index contributed by atoms with van der Waals surface area (Å²) in [6.07, 6.45) is 0. The van der Waals surface area contributed by atoms with E-state index in [1.165, 1.54) is 0 Å². The molecule has 3 aromatic carbocycles. The Morgan fingerprint density at radius 3 is 1.85 bits per heavy atom. The van der Waals surface area contributed by atoms with E-state index >= 15 is 0 Å². The molecule has 0 aliphatic carbocycles. The van der Waals surface area contributed by atoms with Crippen molar-refractivity contribution in [3.63, 3.8) is 0 Å². The summed E-state index contributed by atoms with van der Waals surface area (Å²) in [4.78, 5) is 24.8. The Balaban J connectivity index is 1.99. The van der Waals surface area contributed by atoms with E-state index in [0.717, 1.165) is 15.6 Å². The first-order valence-corrected chi connectivity index (χ1v) is 9.24. The van der Waals surface area contributed by atoms with Crippen LogP contribution in [0.5, 0.6) is 0 Å². The number of halogens is 1. The van der Waals surface area contributed by atoms with Gasteiger partial charge in [-0.1, -0.05) is 82.7 Å². The molecule has 0 spiro atoms. The number of rotatable bonds is 6. The summed E-state index contributed by atoms with van der Waals surface area (Å²) in [5.74, 6) is -2.03. The third kappa shape index (κ3) is 4.63. The van der Waals surface area contributed by atoms with E-state index in [-0.39, 0.29) is 0 Å². The molecule has 2 N–H and O–H groups in total. The molecule has 5 heteroatoms. The lowest BCUT2D eigenvalue weighted by molar-refractivity contribution is -0.139. The molecule has 0 aliphatic heterocycles. The molecule has 0 heterocycles. The summed E-state index contributed by atoms with van der Waals surface area (Å²) in [5.41, 5.74) is 2.05. The highest BCUT2D eigenvalue weighted by Gasteiger charge is 2.32. The van der Waals surface area contributed by atoms with Gasteiger partial charge in [0.2, 0.25) is 0 Å². The maximum Gasteiger partial charge on any atom is 0.327 e. The third-order valence-corrected chi connectivity index (χ3v) is 4.78. The largest absolute Gasteiger partial charge is 0.480 e. The maximum atomic E-state index is 12.7. The summed E-state index contributed by atoms with van der Waals surface area (Å²) in [6.45, 7) is 0. The molecule has 3 rings (SSSR count). The number of hydrogen-bond acceptors (Lipinski definition) is 2. The quantitative estimate of drug-likeness (QED) is 0.614. The summed E-state index contributed by atoms with van der Waals surface area (Å²) in [5, 5.41) is 12.6. The lowest BCUT2D eigenvalue weighted by atomic mass is 9.85. The van der Waals surface area contributed by atoms with E-state index in [4.69, 9.17) is 0 Å². The lowest BCUT2D eigenvalue weighted by Gasteiger charge is -2.26. The molecule has 1 amide bonds. The van der Waals surface area contributed by atoms with Crippen molar-refractivity contribution in [1.29, 1.82) is 0 Å². The molecular weight excluding hydrogens is 406 g/mol. The first-order valence-electron chi connectivity index (χ1n) is 8.45. The first-order chi connectivity index (χ1) is 13.1. The van der Waals surface area contributed by atoms with Gasteiger partial charge in [-0.2, -0.15) is 0 Å². The van der Waals surface area contributed by atoms with Crippen molar-refractivity contribution in [1.82, 2.24) is 5.32 Å². The van der Waals surface area contributed by atoms with E-state index in [9.17, 15) is 14.7 Å². The number of aliphatic carboxylic acids is 1. The van der Waals surface area contributed by atoms with E-state index in [1.807, 2.05) is 66.7 Å². The molecule has 0 radical (unpaired) electrons. The van der Waals surface area contributed by atoms with Crippen LogP contribution in [0.25, 0.3) is 0 Å². The summed E-state index contributed by atoms with van der Waals surface area (Å²) in [6, 6.07) is 24.4. The topological polar surface area (TPSA) is 66.4 Å². The normalized spacial score (nSPS) is 11.8. The predicted molar refractivity (Wildman–Crippen MR) is 108 cm³/mol. The number of benzene rings is 3. The molecule has 27 heavy (non-hydrogen) atoms. The van der Waals surface area contributed by atoms with Crippen LogP contribution in [0.3, 0.4) is 0 Å². The molecular formula is C22H18BrNO3. The molecule has 0 aromatic heterocycles. The number of carbonyl (C=O) groups is 2. The molecule has 0 saturated heterocycles. The number of carbonyl (C=O) groups excluding carboxylic acids is 1. The fourth-order valence-corrected chi connectivity index (χ4v) is 3.44. The van der Waals surface area contributed by atoms with Crippen LogP contribution in [-0.4, -0.2) is 23.0 Å². The third-order valence-electron chi connectivity index (χ3n) is 4.29. The van der Waals surface area contributed by atoms with E-state index in [0.29, 0.717) is 5.56 Å². The van der Waals surface area contributed by atoms with Crippen LogP contribution >= 0.6 is 15.9 Å². The van der Waals surface area contributed by atoms with Crippen molar-refractivity contribution >= 4 is 27.8 Å². The van der Waals surface area contributed by atoms with Gasteiger partial charge in [-0.3, -0.25) is 4.79 Å². The molecule has 1 atom stereocenters. The molecule has 0 bridgehead atoms. The fourth-order valence-electron chi connectivity index (χ4n) is 3.04. The predicted octanol–water partition coefficient (Wildman–Crippen LogP) is 4.46. The monoisotopic (exact) mass is 423 g/mol. The molecule has 0 aliphatic rings. The van der Waals surface area contributed by atoms with Crippen LogP contribution < -0.4 is 5.32 Å². The van der Waals surface area contributed by atoms with Gasteiger partial charge in [0.15, 0.2) is 0 Å². The molecule has 0 unspecified atom stereocenters. The molecule has 4 nitrogen and oxygen atoms in total. The highest BCUT2D eigenvalue weighted by atomic mass is 79.9. The van der Waals surface area contributed by atoms with Gasteiger partial charge < -0.3 is 10.4 Å². The van der Waals surface area contributed by atoms with Crippen LogP contribution in [0, 0.1) is 0 Å². The lowest BCUT2D eigenvalue weighted by Crippen LogP contribution is -2.45. The van der Waals surface area contributed by atoms with Gasteiger partial charge in [0.05, 0.1) is 0 Å². The van der Waals surface area contributed by atoms with Crippen molar-refractivity contribution in [2.45, 2.75) is 12.0 Å². The number of amides is 1. The maximum absolute atomic E-state index is 12.7. The SMILES string of the molecule is O=C(N[C@@H](C(=O)O)C(c1ccccc1)c1ccccc1)c1cccc(Br)c1. The van der Waals surface area contributed by atoms with Crippen LogP contribution in [0.2, 0.25) is 0 Å². The fraction of sp³-hybridized carbons (Fsp3) is 0.0909. The molecule has 0 fully saturated rings. The second kappa shape index (κ2) is 8.64. The standard InChI is InChI=1S/C22H18BrNO3/c23-18-13-7-12-17(14-18)21(25)24-20(22(26)27)19(15-8-3-1-4-9-15)16-10-5-2-6-11-16/h1-14,19-20H,(H,24,25)(H,26,27)/t20-/m1/s1. The minimum absolute atomic E-state index is 0.399. The molecule has 136 valence electrons. The van der Waals surface area contributed by atoms with Gasteiger partial charge >= 0.3 is 5.97 Å². The van der Waals surface area contributed by atoms with Crippen LogP contribution in [0.4, 0.5) is 0 Å². The Kier molecular flexibility index (Phi) is 6.04. The highest BCUT2D eigenvalue weighted by Crippen LogP contribution is 2.28. The van der Waals surface area contributed by atoms with Crippen molar-refractivity contribution in [2.75, 3.05) is 0 Å². The Hall–Kier alpha value is -2.92. The van der Waals surface area contributed by atoms with Crippen LogP contribution in [0.1, 0.15) is 27.4 Å². The van der Waals surface area contributed by atoms with E-state index in [2.05, 4.69) is 21.2 Å². The van der Waals surface area contributed by atoms with Crippen molar-refractivity contribution in [3.05, 3.63) is 106 Å². The Bertz CT molecular complexity index is 889. The van der Waals surface area contributed by atoms with Crippen molar-refractivity contribution in [2.24, 2.45) is 0 Å². The minimum atomic E-state index is -1.11. The Morgan fingerprint density at radius 1 is 0.815 bits per heavy atom. The van der Waals surface area contributed by atoms with Gasteiger partial charge in [-0.15, -0.1) is 0 Å². The average Bonchev–Trinajstić information content (AvgIpc) is 2.69. The number of hydrogen-bond donors (Lipinski definition) is 2. The van der Waals surface area contributed by atoms with Gasteiger partial charge in [-0.05, 0) is 29.3 Å². The second-order valence-corrected chi connectivity index (χ2v) is 7.01. The minimum Gasteiger partial charge on any atom is -0.480 e. The zero-order valence-electron chi connectivity index (χ0n) is 14.4. The highest BCUT2D eigenvalue weighted by molar-refractivity contribution is 9.10. The smallest absolute Gasteiger partial charge is 0.327 e. The second-order valence-electron chi connectivity index (χ2n) is 6.10. The van der Waals surface area contributed by atoms with Gasteiger partial charge in [0, 0.05) is 16.0 Å². The van der Waals surface area contributed by atoms with Gasteiger partial charge in [0.1, 0.15) is 6.04 Å². The number of carboxylic acids is 1. The summed E-state index contributed by atoms with van der Waals surface area (Å²) < 4.78 is 0.754. The average molecular weight is 424 g/mol. The zero-order valence-corrected chi connectivity index (χ0v) is 16.0. The van der Waals surface area contributed by atoms with Gasteiger partial charge in [-0.25, -0.2) is 4.79 Å². The van der Waals surface area contributed by atoms with Crippen molar-refractivity contribution in [3.8, 4) is 0 Å². The Morgan fingerprint density at radius 2 is 1.37 bits per heavy atom. The molecule has 0 saturated carbocycles. The number of carboxylic acid groups (broad SMARTS) is 1. The Labute approximate surface area is 166 Å². The van der Waals surface area contributed by atoms with E-state index in [1.54, 1.807) is 18.2 Å². The number of nitrogens with one attached hydrogen (secondary N) is 1. The van der Waals surface area contributed by atoms with E-state index < -0.39 is 23.8 Å². The summed E-state index contributed by atoms with van der Waals surface area (Å²) in [7, 11) is 0. The molecule has 3 aromatic rings. The van der Waals surface area contributed by atoms with Crippen LogP contribution in [-0.2, 0) is 4.79 Å². The van der Waals surface area contributed by atoms with Crippen LogP contribution in [0.15, 0.2) is 89.4 Å².